The standard InChI is InChI=1S/C27H26N2O2/c30-26(23-17-16-21-12-4-5-13-22(21)19-23)29-25-15-7-6-14-24(25)27(31)28-18-8-11-20-9-2-1-3-10-20/h1-7,9-10,12-17,19,26,29-30H,8,11,18H2,(H,28,31). The van der Waals surface area contributed by atoms with Gasteiger partial charge < -0.3 is 15.7 Å². The van der Waals surface area contributed by atoms with Gasteiger partial charge in [0.1, 0.15) is 0 Å². The highest BCUT2D eigenvalue weighted by molar-refractivity contribution is 5.99. The third kappa shape index (κ3) is 5.30. The molecule has 0 radical (unpaired) electrons. The fourth-order valence-electron chi connectivity index (χ4n) is 3.65. The van der Waals surface area contributed by atoms with Crippen molar-refractivity contribution >= 4 is 22.4 Å². The molecule has 0 saturated heterocycles. The molecular weight excluding hydrogens is 384 g/mol. The van der Waals surface area contributed by atoms with Crippen molar-refractivity contribution in [3.05, 3.63) is 114 Å². The molecular formula is C27H26N2O2. The Morgan fingerprint density at radius 2 is 1.52 bits per heavy atom. The average Bonchev–Trinajstić information content (AvgIpc) is 2.82. The van der Waals surface area contributed by atoms with Crippen LogP contribution in [-0.2, 0) is 6.42 Å². The number of carbonyl (C=O) groups is 1. The molecule has 0 spiro atoms. The second kappa shape index (κ2) is 9.92. The van der Waals surface area contributed by atoms with Gasteiger partial charge in [-0.1, -0.05) is 78.9 Å². The van der Waals surface area contributed by atoms with Gasteiger partial charge in [-0.25, -0.2) is 0 Å². The highest BCUT2D eigenvalue weighted by Crippen LogP contribution is 2.24. The van der Waals surface area contributed by atoms with Crippen LogP contribution in [0.1, 0.15) is 34.1 Å². The van der Waals surface area contributed by atoms with Crippen LogP contribution < -0.4 is 10.6 Å². The van der Waals surface area contributed by atoms with Crippen molar-refractivity contribution in [2.24, 2.45) is 0 Å². The lowest BCUT2D eigenvalue weighted by Gasteiger charge is -2.18. The number of amides is 1. The van der Waals surface area contributed by atoms with Gasteiger partial charge in [0.15, 0.2) is 6.23 Å². The van der Waals surface area contributed by atoms with E-state index in [9.17, 15) is 9.90 Å². The number of anilines is 1. The first kappa shape index (κ1) is 20.6. The molecule has 4 aromatic rings. The van der Waals surface area contributed by atoms with Gasteiger partial charge in [-0.2, -0.15) is 0 Å². The lowest BCUT2D eigenvalue weighted by atomic mass is 10.1. The summed E-state index contributed by atoms with van der Waals surface area (Å²) in [4.78, 5) is 12.7. The van der Waals surface area contributed by atoms with Crippen LogP contribution in [0.5, 0.6) is 0 Å². The molecule has 4 aromatic carbocycles. The van der Waals surface area contributed by atoms with E-state index < -0.39 is 6.23 Å². The predicted octanol–water partition coefficient (Wildman–Crippen LogP) is 5.31. The number of aliphatic hydroxyl groups is 1. The number of hydrogen-bond donors (Lipinski definition) is 3. The second-order valence-electron chi connectivity index (χ2n) is 7.54. The molecule has 1 atom stereocenters. The maximum absolute atomic E-state index is 12.7. The summed E-state index contributed by atoms with van der Waals surface area (Å²) < 4.78 is 0. The van der Waals surface area contributed by atoms with E-state index in [-0.39, 0.29) is 5.91 Å². The maximum atomic E-state index is 12.7. The van der Waals surface area contributed by atoms with Crippen LogP contribution in [0, 0.1) is 0 Å². The molecule has 0 aromatic heterocycles. The van der Waals surface area contributed by atoms with Crippen molar-refractivity contribution in [1.82, 2.24) is 5.32 Å². The van der Waals surface area contributed by atoms with Crippen molar-refractivity contribution in [2.75, 3.05) is 11.9 Å². The molecule has 1 amide bonds. The van der Waals surface area contributed by atoms with Crippen molar-refractivity contribution in [1.29, 1.82) is 0 Å². The quantitative estimate of drug-likeness (QED) is 0.273. The highest BCUT2D eigenvalue weighted by atomic mass is 16.3. The van der Waals surface area contributed by atoms with E-state index >= 15 is 0 Å². The van der Waals surface area contributed by atoms with Crippen LogP contribution in [0.15, 0.2) is 97.1 Å². The average molecular weight is 411 g/mol. The minimum atomic E-state index is -0.920. The number of nitrogens with one attached hydrogen (secondary N) is 2. The number of carbonyl (C=O) groups excluding carboxylic acids is 1. The van der Waals surface area contributed by atoms with Gasteiger partial charge in [-0.3, -0.25) is 4.79 Å². The summed E-state index contributed by atoms with van der Waals surface area (Å²) in [5, 5.41) is 19.0. The summed E-state index contributed by atoms with van der Waals surface area (Å²) in [7, 11) is 0. The zero-order valence-corrected chi connectivity index (χ0v) is 17.3. The Balaban J connectivity index is 1.39. The fourth-order valence-corrected chi connectivity index (χ4v) is 3.65. The Hall–Kier alpha value is -3.63. The smallest absolute Gasteiger partial charge is 0.253 e. The third-order valence-electron chi connectivity index (χ3n) is 5.32. The number of benzene rings is 4. The molecule has 4 nitrogen and oxygen atoms in total. The maximum Gasteiger partial charge on any atom is 0.253 e. The lowest BCUT2D eigenvalue weighted by molar-refractivity contribution is 0.0953. The van der Waals surface area contributed by atoms with E-state index in [2.05, 4.69) is 22.8 Å². The van der Waals surface area contributed by atoms with E-state index in [1.165, 1.54) is 5.56 Å². The zero-order chi connectivity index (χ0) is 21.5. The SMILES string of the molecule is O=C(NCCCc1ccccc1)c1ccccc1NC(O)c1ccc2ccccc2c1. The molecule has 0 heterocycles. The minimum Gasteiger partial charge on any atom is -0.369 e. The first-order valence-electron chi connectivity index (χ1n) is 10.6. The molecule has 0 aliphatic rings. The van der Waals surface area contributed by atoms with E-state index in [0.717, 1.165) is 29.2 Å². The zero-order valence-electron chi connectivity index (χ0n) is 17.3. The molecule has 4 heteroatoms. The third-order valence-corrected chi connectivity index (χ3v) is 5.32. The summed E-state index contributed by atoms with van der Waals surface area (Å²) in [6, 6.07) is 31.3. The van der Waals surface area contributed by atoms with E-state index in [0.29, 0.717) is 17.8 Å². The molecule has 0 fully saturated rings. The normalized spacial score (nSPS) is 11.8. The molecule has 1 unspecified atom stereocenters. The van der Waals surface area contributed by atoms with E-state index in [1.54, 1.807) is 6.07 Å². The largest absolute Gasteiger partial charge is 0.369 e. The number of para-hydroxylation sites is 1. The topological polar surface area (TPSA) is 61.4 Å². The van der Waals surface area contributed by atoms with Crippen LogP contribution in [0.4, 0.5) is 5.69 Å². The second-order valence-corrected chi connectivity index (χ2v) is 7.54. The van der Waals surface area contributed by atoms with Crippen LogP contribution in [0.2, 0.25) is 0 Å². The van der Waals surface area contributed by atoms with Crippen molar-refractivity contribution in [3.63, 3.8) is 0 Å². The Kier molecular flexibility index (Phi) is 6.60. The van der Waals surface area contributed by atoms with Crippen LogP contribution in [-0.4, -0.2) is 17.6 Å². The molecule has 0 aliphatic heterocycles. The first-order valence-corrected chi connectivity index (χ1v) is 10.6. The number of aliphatic hydroxyl groups excluding tert-OH is 1. The number of rotatable bonds is 8. The summed E-state index contributed by atoms with van der Waals surface area (Å²) in [5.41, 5.74) is 3.12. The van der Waals surface area contributed by atoms with Gasteiger partial charge in [0.2, 0.25) is 0 Å². The van der Waals surface area contributed by atoms with E-state index in [1.807, 2.05) is 78.9 Å². The highest BCUT2D eigenvalue weighted by Gasteiger charge is 2.14. The monoisotopic (exact) mass is 410 g/mol. The number of aryl methyl sites for hydroxylation is 1. The van der Waals surface area contributed by atoms with Gasteiger partial charge in [-0.05, 0) is 47.4 Å². The number of hydrogen-bond acceptors (Lipinski definition) is 3. The van der Waals surface area contributed by atoms with E-state index in [4.69, 9.17) is 0 Å². The Bertz CT molecular complexity index is 1160. The van der Waals surface area contributed by atoms with Crippen molar-refractivity contribution in [3.8, 4) is 0 Å². The minimum absolute atomic E-state index is 0.151. The molecule has 3 N–H and O–H groups in total. The number of fused-ring (bicyclic) bond motifs is 1. The molecule has 0 aliphatic carbocycles. The summed E-state index contributed by atoms with van der Waals surface area (Å²) >= 11 is 0. The van der Waals surface area contributed by atoms with Gasteiger partial charge in [-0.15, -0.1) is 0 Å². The molecule has 0 saturated carbocycles. The molecule has 156 valence electrons. The molecule has 0 bridgehead atoms. The van der Waals surface area contributed by atoms with Gasteiger partial charge in [0.05, 0.1) is 5.56 Å². The van der Waals surface area contributed by atoms with Gasteiger partial charge >= 0.3 is 0 Å². The summed E-state index contributed by atoms with van der Waals surface area (Å²) in [5.74, 6) is -0.151. The lowest BCUT2D eigenvalue weighted by Crippen LogP contribution is -2.26. The van der Waals surface area contributed by atoms with Crippen LogP contribution in [0.25, 0.3) is 10.8 Å². The summed E-state index contributed by atoms with van der Waals surface area (Å²) in [6.45, 7) is 0.593. The van der Waals surface area contributed by atoms with Gasteiger partial charge in [0.25, 0.3) is 5.91 Å². The van der Waals surface area contributed by atoms with Gasteiger partial charge in [0, 0.05) is 17.8 Å². The first-order chi connectivity index (χ1) is 15.2. The fraction of sp³-hybridized carbons (Fsp3) is 0.148. The van der Waals surface area contributed by atoms with Crippen molar-refractivity contribution < 1.29 is 9.90 Å². The predicted molar refractivity (Wildman–Crippen MR) is 126 cm³/mol. The molecule has 4 rings (SSSR count). The Morgan fingerprint density at radius 1 is 0.806 bits per heavy atom. The molecule has 31 heavy (non-hydrogen) atoms. The Morgan fingerprint density at radius 3 is 2.35 bits per heavy atom. The van der Waals surface area contributed by atoms with Crippen molar-refractivity contribution in [2.45, 2.75) is 19.1 Å². The summed E-state index contributed by atoms with van der Waals surface area (Å²) in [6.07, 6.45) is 0.865. The Labute approximate surface area is 182 Å². The van der Waals surface area contributed by atoms with Crippen LogP contribution in [0.3, 0.4) is 0 Å². The van der Waals surface area contributed by atoms with Crippen LogP contribution >= 0.6 is 0 Å².